The van der Waals surface area contributed by atoms with Crippen LogP contribution in [0, 0.1) is 5.82 Å². The molecule has 0 unspecified atom stereocenters. The highest BCUT2D eigenvalue weighted by molar-refractivity contribution is 6.30. The Hall–Kier alpha value is -2.60. The average molecular weight is 364 g/mol. The van der Waals surface area contributed by atoms with Gasteiger partial charge in [-0.15, -0.1) is 0 Å². The van der Waals surface area contributed by atoms with Gasteiger partial charge in [0.05, 0.1) is 25.4 Å². The highest BCUT2D eigenvalue weighted by Gasteiger charge is 2.21. The van der Waals surface area contributed by atoms with Gasteiger partial charge < -0.3 is 14.4 Å². The molecule has 0 bridgehead atoms. The molecule has 5 nitrogen and oxygen atoms in total. The molecule has 1 N–H and O–H groups in total. The number of nitrogens with zero attached hydrogens (tertiary/aromatic N) is 2. The molecule has 0 spiro atoms. The maximum absolute atomic E-state index is 13.7. The fourth-order valence-corrected chi connectivity index (χ4v) is 2.76. The van der Waals surface area contributed by atoms with Crippen molar-refractivity contribution in [3.05, 3.63) is 71.0 Å². The second-order valence-corrected chi connectivity index (χ2v) is 5.95. The second kappa shape index (κ2) is 7.53. The summed E-state index contributed by atoms with van der Waals surface area (Å²) in [6.07, 6.45) is 1.85. The number of ether oxygens (including phenoxy) is 2. The molecule has 3 rings (SSSR count). The van der Waals surface area contributed by atoms with Crippen molar-refractivity contribution in [2.24, 2.45) is 0 Å². The van der Waals surface area contributed by atoms with Gasteiger partial charge in [-0.3, -0.25) is 10.4 Å². The zero-order chi connectivity index (χ0) is 17.8. The Labute approximate surface area is 151 Å². The van der Waals surface area contributed by atoms with Crippen molar-refractivity contribution in [3.63, 3.8) is 0 Å². The van der Waals surface area contributed by atoms with Crippen molar-refractivity contribution in [1.82, 2.24) is 10.3 Å². The first-order valence-corrected chi connectivity index (χ1v) is 8.09. The summed E-state index contributed by atoms with van der Waals surface area (Å²) in [7, 11) is 3.22. The third-order valence-electron chi connectivity index (χ3n) is 3.83. The van der Waals surface area contributed by atoms with E-state index in [1.165, 1.54) is 6.07 Å². The Bertz CT molecular complexity index is 785. The van der Waals surface area contributed by atoms with Crippen LogP contribution >= 0.6 is 11.6 Å². The van der Waals surface area contributed by atoms with Crippen molar-refractivity contribution in [1.29, 1.82) is 0 Å². The molecule has 0 atom stereocenters. The largest absolute Gasteiger partial charge is 0.495 e. The lowest BCUT2D eigenvalue weighted by Crippen LogP contribution is -2.48. The summed E-state index contributed by atoms with van der Waals surface area (Å²) in [4.78, 5) is 2.00. The van der Waals surface area contributed by atoms with Crippen LogP contribution in [0.5, 0.6) is 5.75 Å². The monoisotopic (exact) mass is 363 g/mol. The lowest BCUT2D eigenvalue weighted by atomic mass is 10.2. The number of anilines is 1. The van der Waals surface area contributed by atoms with Gasteiger partial charge in [-0.1, -0.05) is 29.8 Å². The molecule has 7 heteroatoms. The van der Waals surface area contributed by atoms with Crippen LogP contribution in [0.4, 0.5) is 10.1 Å². The summed E-state index contributed by atoms with van der Waals surface area (Å²) in [5.74, 6) is 0.892. The fourth-order valence-electron chi connectivity index (χ4n) is 2.64. The summed E-state index contributed by atoms with van der Waals surface area (Å²) in [5.41, 5.74) is 4.88. The predicted octanol–water partition coefficient (Wildman–Crippen LogP) is 3.72. The number of hydrogen-bond donors (Lipinski definition) is 1. The molecule has 132 valence electrons. The Balaban J connectivity index is 1.83. The van der Waals surface area contributed by atoms with E-state index >= 15 is 0 Å². The van der Waals surface area contributed by atoms with Crippen LogP contribution in [0.25, 0.3) is 0 Å². The van der Waals surface area contributed by atoms with Crippen molar-refractivity contribution in [3.8, 4) is 5.75 Å². The predicted molar refractivity (Wildman–Crippen MR) is 95.5 cm³/mol. The molecule has 0 radical (unpaired) electrons. The van der Waals surface area contributed by atoms with Crippen LogP contribution in [-0.2, 0) is 11.3 Å². The van der Waals surface area contributed by atoms with Gasteiger partial charge in [0, 0.05) is 6.54 Å². The van der Waals surface area contributed by atoms with Gasteiger partial charge in [-0.25, -0.2) is 4.39 Å². The van der Waals surface area contributed by atoms with Crippen LogP contribution in [0.2, 0.25) is 5.02 Å². The summed E-state index contributed by atoms with van der Waals surface area (Å²) >= 11 is 5.75. The van der Waals surface area contributed by atoms with Gasteiger partial charge in [0.1, 0.15) is 23.9 Å². The molecule has 0 aromatic heterocycles. The lowest BCUT2D eigenvalue weighted by Gasteiger charge is -2.37. The maximum Gasteiger partial charge on any atom is 0.222 e. The molecule has 25 heavy (non-hydrogen) atoms. The normalized spacial score (nSPS) is 14.0. The number of nitrogens with one attached hydrogen (secondary N) is 1. The number of rotatable bonds is 5. The van der Waals surface area contributed by atoms with Crippen LogP contribution in [0.1, 0.15) is 5.56 Å². The standard InChI is InChI=1S/C18H19ClFN3O2/c1-24-17-6-4-3-5-16(17)23-12-22(11-18(21-23)25-2)10-13-7-8-14(19)15(20)9-13/h3-9,11,21H,10,12H2,1-2H3. The third-order valence-corrected chi connectivity index (χ3v) is 4.14. The van der Waals surface area contributed by atoms with E-state index in [2.05, 4.69) is 5.43 Å². The zero-order valence-corrected chi connectivity index (χ0v) is 14.8. The van der Waals surface area contributed by atoms with Gasteiger partial charge in [-0.05, 0) is 29.8 Å². The summed E-state index contributed by atoms with van der Waals surface area (Å²) in [6, 6.07) is 12.5. The first kappa shape index (κ1) is 17.2. The maximum atomic E-state index is 13.7. The van der Waals surface area contributed by atoms with Crippen molar-refractivity contribution >= 4 is 17.3 Å². The van der Waals surface area contributed by atoms with Gasteiger partial charge in [-0.2, -0.15) is 0 Å². The quantitative estimate of drug-likeness (QED) is 0.876. The minimum Gasteiger partial charge on any atom is -0.495 e. The van der Waals surface area contributed by atoms with Gasteiger partial charge in [0.25, 0.3) is 0 Å². The molecule has 0 fully saturated rings. The highest BCUT2D eigenvalue weighted by atomic mass is 35.5. The van der Waals surface area contributed by atoms with Crippen molar-refractivity contribution in [2.75, 3.05) is 25.9 Å². The van der Waals surface area contributed by atoms with Gasteiger partial charge in [0.2, 0.25) is 5.88 Å². The van der Waals surface area contributed by atoms with Gasteiger partial charge >= 0.3 is 0 Å². The number of para-hydroxylation sites is 2. The smallest absolute Gasteiger partial charge is 0.222 e. The van der Waals surface area contributed by atoms with E-state index in [4.69, 9.17) is 21.1 Å². The molecular formula is C18H19ClFN3O2. The highest BCUT2D eigenvalue weighted by Crippen LogP contribution is 2.28. The number of hydrogen-bond acceptors (Lipinski definition) is 5. The van der Waals surface area contributed by atoms with E-state index < -0.39 is 5.82 Å². The van der Waals surface area contributed by atoms with E-state index in [0.29, 0.717) is 19.1 Å². The molecule has 0 saturated carbocycles. The van der Waals surface area contributed by atoms with Crippen molar-refractivity contribution < 1.29 is 13.9 Å². The molecule has 2 aromatic rings. The topological polar surface area (TPSA) is 37.0 Å². The first-order chi connectivity index (χ1) is 12.1. The Kier molecular flexibility index (Phi) is 5.19. The molecule has 1 aliphatic heterocycles. The Morgan fingerprint density at radius 2 is 1.96 bits per heavy atom. The number of hydrazine groups is 1. The zero-order valence-electron chi connectivity index (χ0n) is 14.0. The van der Waals surface area contributed by atoms with E-state index in [0.717, 1.165) is 17.0 Å². The van der Waals surface area contributed by atoms with E-state index in [9.17, 15) is 4.39 Å². The van der Waals surface area contributed by atoms with Gasteiger partial charge in [0.15, 0.2) is 0 Å². The molecule has 1 heterocycles. The number of methoxy groups -OCH3 is 2. The van der Waals surface area contributed by atoms with E-state index in [-0.39, 0.29) is 5.02 Å². The third kappa shape index (κ3) is 3.91. The van der Waals surface area contributed by atoms with E-state index in [1.807, 2.05) is 40.4 Å². The molecule has 2 aromatic carbocycles. The first-order valence-electron chi connectivity index (χ1n) is 7.71. The van der Waals surface area contributed by atoms with Crippen LogP contribution in [0.3, 0.4) is 0 Å². The Morgan fingerprint density at radius 3 is 2.68 bits per heavy atom. The van der Waals surface area contributed by atoms with E-state index in [1.54, 1.807) is 26.4 Å². The molecular weight excluding hydrogens is 345 g/mol. The number of halogens is 2. The molecule has 1 aliphatic rings. The number of benzene rings is 2. The Morgan fingerprint density at radius 1 is 1.16 bits per heavy atom. The minimum atomic E-state index is -0.424. The summed E-state index contributed by atoms with van der Waals surface area (Å²) in [5, 5.41) is 2.03. The SMILES string of the molecule is COC1=CN(Cc2ccc(Cl)c(F)c2)CN(c2ccccc2OC)N1. The molecule has 0 aliphatic carbocycles. The second-order valence-electron chi connectivity index (χ2n) is 5.55. The summed E-state index contributed by atoms with van der Waals surface area (Å²) < 4.78 is 24.5. The van der Waals surface area contributed by atoms with Crippen LogP contribution in [0.15, 0.2) is 54.5 Å². The van der Waals surface area contributed by atoms with Crippen LogP contribution < -0.4 is 15.2 Å². The average Bonchev–Trinajstić information content (AvgIpc) is 2.64. The fraction of sp³-hybridized carbons (Fsp3) is 0.222. The molecule has 0 saturated heterocycles. The summed E-state index contributed by atoms with van der Waals surface area (Å²) in [6.45, 7) is 1.03. The molecule has 0 amide bonds. The van der Waals surface area contributed by atoms with Crippen LogP contribution in [-0.4, -0.2) is 25.8 Å². The minimum absolute atomic E-state index is 0.118. The lowest BCUT2D eigenvalue weighted by molar-refractivity contribution is 0.207. The van der Waals surface area contributed by atoms with Crippen molar-refractivity contribution in [2.45, 2.75) is 6.54 Å².